The van der Waals surface area contributed by atoms with E-state index in [4.69, 9.17) is 15.6 Å². The summed E-state index contributed by atoms with van der Waals surface area (Å²) < 4.78 is 16.9. The molecule has 0 aromatic rings. The van der Waals surface area contributed by atoms with E-state index < -0.39 is 30.4 Å². The van der Waals surface area contributed by atoms with Crippen LogP contribution in [0.1, 0.15) is 27.2 Å². The van der Waals surface area contributed by atoms with Crippen molar-refractivity contribution in [2.75, 3.05) is 6.67 Å². The van der Waals surface area contributed by atoms with Crippen molar-refractivity contribution < 1.29 is 19.0 Å². The first kappa shape index (κ1) is 13.3. The Morgan fingerprint density at radius 2 is 2.07 bits per heavy atom. The standard InChI is InChI=1S/C9H18FNO3/c1-9(2,3)14-8(13)4-6(11)7(12)5-10/h6-7,12H,4-5,11H2,1-3H3/t6-,7-/m0/s1. The third-order valence-electron chi connectivity index (χ3n) is 1.47. The van der Waals surface area contributed by atoms with Crippen LogP contribution in [-0.2, 0) is 9.53 Å². The molecule has 3 N–H and O–H groups in total. The third-order valence-corrected chi connectivity index (χ3v) is 1.47. The highest BCUT2D eigenvalue weighted by atomic mass is 19.1. The number of ether oxygens (including phenoxy) is 1. The number of aliphatic hydroxyl groups excluding tert-OH is 1. The smallest absolute Gasteiger partial charge is 0.307 e. The lowest BCUT2D eigenvalue weighted by molar-refractivity contribution is -0.155. The monoisotopic (exact) mass is 207 g/mol. The molecule has 0 aliphatic heterocycles. The van der Waals surface area contributed by atoms with Gasteiger partial charge in [0.2, 0.25) is 0 Å². The van der Waals surface area contributed by atoms with Crippen molar-refractivity contribution in [2.45, 2.75) is 44.9 Å². The zero-order chi connectivity index (χ0) is 11.4. The molecule has 5 heteroatoms. The quantitative estimate of drug-likeness (QED) is 0.653. The number of hydrogen-bond acceptors (Lipinski definition) is 4. The average Bonchev–Trinajstić information content (AvgIpc) is 1.99. The number of esters is 1. The molecule has 0 aliphatic rings. The summed E-state index contributed by atoms with van der Waals surface area (Å²) in [6.07, 6.45) is -1.48. The second kappa shape index (κ2) is 5.26. The number of aliphatic hydroxyl groups is 1. The van der Waals surface area contributed by atoms with Crippen LogP contribution in [0.4, 0.5) is 4.39 Å². The minimum absolute atomic E-state index is 0.178. The summed E-state index contributed by atoms with van der Waals surface area (Å²) in [7, 11) is 0. The Kier molecular flexibility index (Phi) is 5.01. The zero-order valence-corrected chi connectivity index (χ0v) is 8.79. The molecular weight excluding hydrogens is 189 g/mol. The summed E-state index contributed by atoms with van der Waals surface area (Å²) in [5.74, 6) is -0.530. The second-order valence-corrected chi connectivity index (χ2v) is 4.18. The second-order valence-electron chi connectivity index (χ2n) is 4.18. The Bertz CT molecular complexity index is 191. The lowest BCUT2D eigenvalue weighted by atomic mass is 10.1. The molecule has 0 fully saturated rings. The topological polar surface area (TPSA) is 72.5 Å². The van der Waals surface area contributed by atoms with Crippen molar-refractivity contribution in [3.8, 4) is 0 Å². The van der Waals surface area contributed by atoms with Crippen LogP contribution in [0.3, 0.4) is 0 Å². The Hall–Kier alpha value is -0.680. The van der Waals surface area contributed by atoms with E-state index >= 15 is 0 Å². The van der Waals surface area contributed by atoms with E-state index in [0.29, 0.717) is 0 Å². The first-order valence-corrected chi connectivity index (χ1v) is 4.47. The lowest BCUT2D eigenvalue weighted by Gasteiger charge is -2.21. The molecule has 0 amide bonds. The molecule has 0 aromatic carbocycles. The first-order valence-electron chi connectivity index (χ1n) is 4.47. The largest absolute Gasteiger partial charge is 0.460 e. The van der Waals surface area contributed by atoms with E-state index in [1.165, 1.54) is 0 Å². The Balaban J connectivity index is 3.95. The summed E-state index contributed by atoms with van der Waals surface area (Å²) in [5, 5.41) is 8.97. The molecule has 14 heavy (non-hydrogen) atoms. The van der Waals surface area contributed by atoms with Crippen LogP contribution < -0.4 is 5.73 Å². The first-order chi connectivity index (χ1) is 6.26. The van der Waals surface area contributed by atoms with Crippen LogP contribution >= 0.6 is 0 Å². The van der Waals surface area contributed by atoms with Crippen LogP contribution in [-0.4, -0.2) is 35.5 Å². The maximum Gasteiger partial charge on any atom is 0.307 e. The van der Waals surface area contributed by atoms with Gasteiger partial charge in [-0.1, -0.05) is 0 Å². The van der Waals surface area contributed by atoms with Crippen molar-refractivity contribution in [1.82, 2.24) is 0 Å². The van der Waals surface area contributed by atoms with Crippen molar-refractivity contribution >= 4 is 5.97 Å². The molecule has 4 nitrogen and oxygen atoms in total. The van der Waals surface area contributed by atoms with Gasteiger partial charge in [0.1, 0.15) is 12.3 Å². The van der Waals surface area contributed by atoms with Gasteiger partial charge >= 0.3 is 5.97 Å². The SMILES string of the molecule is CC(C)(C)OC(=O)C[C@H](N)[C@@H](O)CF. The summed E-state index contributed by atoms with van der Waals surface area (Å²) in [4.78, 5) is 11.2. The van der Waals surface area contributed by atoms with Gasteiger partial charge in [-0.3, -0.25) is 4.79 Å². The maximum atomic E-state index is 11.9. The van der Waals surface area contributed by atoms with Crippen LogP contribution in [0, 0.1) is 0 Å². The summed E-state index contributed by atoms with van der Waals surface area (Å²) >= 11 is 0. The highest BCUT2D eigenvalue weighted by Crippen LogP contribution is 2.09. The van der Waals surface area contributed by atoms with E-state index in [1.807, 2.05) is 0 Å². The normalized spacial score (nSPS) is 16.1. The molecule has 0 saturated heterocycles. The maximum absolute atomic E-state index is 11.9. The van der Waals surface area contributed by atoms with Crippen LogP contribution in [0.25, 0.3) is 0 Å². The fourth-order valence-electron chi connectivity index (χ4n) is 0.826. The number of alkyl halides is 1. The van der Waals surface area contributed by atoms with Gasteiger partial charge in [0.05, 0.1) is 12.5 Å². The van der Waals surface area contributed by atoms with E-state index in [0.717, 1.165) is 0 Å². The Labute approximate surface area is 83.2 Å². The molecule has 84 valence electrons. The van der Waals surface area contributed by atoms with Crippen molar-refractivity contribution in [2.24, 2.45) is 5.73 Å². The Morgan fingerprint density at radius 3 is 2.43 bits per heavy atom. The number of carbonyl (C=O) groups excluding carboxylic acids is 1. The molecular formula is C9H18FNO3. The number of nitrogens with two attached hydrogens (primary N) is 1. The summed E-state index contributed by atoms with van der Waals surface area (Å²) in [6, 6.07) is -0.908. The van der Waals surface area contributed by atoms with E-state index in [2.05, 4.69) is 0 Å². The average molecular weight is 207 g/mol. The molecule has 0 saturated carbocycles. The molecule has 0 heterocycles. The van der Waals surface area contributed by atoms with Crippen molar-refractivity contribution in [3.63, 3.8) is 0 Å². The lowest BCUT2D eigenvalue weighted by Crippen LogP contribution is -2.39. The predicted molar refractivity (Wildman–Crippen MR) is 50.4 cm³/mol. The number of halogens is 1. The van der Waals surface area contributed by atoms with Crippen LogP contribution in [0.15, 0.2) is 0 Å². The number of hydrogen-bond donors (Lipinski definition) is 2. The number of carbonyl (C=O) groups is 1. The molecule has 0 bridgehead atoms. The predicted octanol–water partition coefficient (Wildman–Crippen LogP) is 0.376. The van der Waals surface area contributed by atoms with Crippen LogP contribution in [0.2, 0.25) is 0 Å². The van der Waals surface area contributed by atoms with E-state index in [9.17, 15) is 9.18 Å². The minimum atomic E-state index is -1.30. The van der Waals surface area contributed by atoms with Gasteiger partial charge in [-0.2, -0.15) is 0 Å². The van der Waals surface area contributed by atoms with Gasteiger partial charge < -0.3 is 15.6 Å². The molecule has 0 aromatic heterocycles. The van der Waals surface area contributed by atoms with Crippen molar-refractivity contribution in [1.29, 1.82) is 0 Å². The van der Waals surface area contributed by atoms with E-state index in [-0.39, 0.29) is 6.42 Å². The molecule has 0 unspecified atom stereocenters. The van der Waals surface area contributed by atoms with Gasteiger partial charge in [-0.15, -0.1) is 0 Å². The third kappa shape index (κ3) is 5.88. The van der Waals surface area contributed by atoms with E-state index in [1.54, 1.807) is 20.8 Å². The molecule has 0 rings (SSSR count). The van der Waals surface area contributed by atoms with Gasteiger partial charge in [-0.05, 0) is 20.8 Å². The highest BCUT2D eigenvalue weighted by Gasteiger charge is 2.22. The van der Waals surface area contributed by atoms with Gasteiger partial charge in [-0.25, -0.2) is 4.39 Å². The molecule has 2 atom stereocenters. The molecule has 0 aliphatic carbocycles. The number of rotatable bonds is 4. The summed E-state index contributed by atoms with van der Waals surface area (Å²) in [5.41, 5.74) is 4.77. The zero-order valence-electron chi connectivity index (χ0n) is 8.79. The van der Waals surface area contributed by atoms with Crippen molar-refractivity contribution in [3.05, 3.63) is 0 Å². The minimum Gasteiger partial charge on any atom is -0.460 e. The van der Waals surface area contributed by atoms with Gasteiger partial charge in [0.25, 0.3) is 0 Å². The van der Waals surface area contributed by atoms with Gasteiger partial charge in [0.15, 0.2) is 0 Å². The molecule has 0 radical (unpaired) electrons. The van der Waals surface area contributed by atoms with Crippen LogP contribution in [0.5, 0.6) is 0 Å². The van der Waals surface area contributed by atoms with Gasteiger partial charge in [0, 0.05) is 6.04 Å². The summed E-state index contributed by atoms with van der Waals surface area (Å²) in [6.45, 7) is 4.22. The highest BCUT2D eigenvalue weighted by molar-refractivity contribution is 5.70. The fourth-order valence-corrected chi connectivity index (χ4v) is 0.826. The molecule has 0 spiro atoms. The Morgan fingerprint density at radius 1 is 1.57 bits per heavy atom. The fraction of sp³-hybridized carbons (Fsp3) is 0.889.